The number of nitrogens with zero attached hydrogens (tertiary/aromatic N) is 1. The van der Waals surface area contributed by atoms with Crippen LogP contribution in [0.3, 0.4) is 0 Å². The first-order valence-corrected chi connectivity index (χ1v) is 12.6. The molecular weight excluding hydrogens is 574 g/mol. The number of hydrogen-bond acceptors (Lipinski definition) is 5. The number of benzene rings is 4. The van der Waals surface area contributed by atoms with Crippen molar-refractivity contribution in [2.45, 2.75) is 17.2 Å². The van der Waals surface area contributed by atoms with E-state index in [-0.39, 0.29) is 16.3 Å². The molecule has 4 aromatic carbocycles. The molecule has 1 amide bonds. The van der Waals surface area contributed by atoms with Crippen molar-refractivity contribution in [3.05, 3.63) is 112 Å². The van der Waals surface area contributed by atoms with Crippen LogP contribution >= 0.6 is 11.8 Å². The molecule has 6 nitrogen and oxygen atoms in total. The molecule has 0 aliphatic carbocycles. The van der Waals surface area contributed by atoms with E-state index in [1.807, 2.05) is 18.2 Å². The molecule has 41 heavy (non-hydrogen) atoms. The van der Waals surface area contributed by atoms with Crippen molar-refractivity contribution in [2.24, 2.45) is 0 Å². The van der Waals surface area contributed by atoms with E-state index in [1.165, 1.54) is 0 Å². The van der Waals surface area contributed by atoms with Gasteiger partial charge in [-0.1, -0.05) is 48.5 Å². The Kier molecular flexibility index (Phi) is 8.57. The van der Waals surface area contributed by atoms with Gasteiger partial charge in [-0.2, -0.15) is 26.3 Å². The Morgan fingerprint density at radius 2 is 1.41 bits per heavy atom. The lowest BCUT2D eigenvalue weighted by atomic mass is 10.0. The predicted octanol–water partition coefficient (Wildman–Crippen LogP) is 8.82. The molecule has 4 rings (SSSR count). The van der Waals surface area contributed by atoms with Gasteiger partial charge in [0.15, 0.2) is 5.75 Å². The Balaban J connectivity index is 1.60. The molecule has 0 fully saturated rings. The summed E-state index contributed by atoms with van der Waals surface area (Å²) < 4.78 is 85.2. The van der Waals surface area contributed by atoms with Gasteiger partial charge < -0.3 is 10.1 Å². The predicted molar refractivity (Wildman–Crippen MR) is 141 cm³/mol. The SMILES string of the molecule is O=C(CSc1ccc(C(F)(F)F)cc1[N+](=O)[O-])Nc1cc(C(F)(F)F)ccc1Oc1ccccc1-c1ccccc1. The van der Waals surface area contributed by atoms with E-state index in [1.54, 1.807) is 36.4 Å². The monoisotopic (exact) mass is 592 g/mol. The Labute approximate surface area is 233 Å². The van der Waals surface area contributed by atoms with Crippen molar-refractivity contribution in [3.63, 3.8) is 0 Å². The standard InChI is InChI=1S/C28H18F6N2O4S/c29-27(30,31)18-10-12-24(40-23-9-5-4-8-20(23)17-6-2-1-3-7-17)21(14-18)35-26(37)16-41-25-13-11-19(28(32,33)34)15-22(25)36(38)39/h1-15H,16H2,(H,35,37). The zero-order valence-corrected chi connectivity index (χ0v) is 21.4. The average molecular weight is 593 g/mol. The third kappa shape index (κ3) is 7.37. The van der Waals surface area contributed by atoms with Crippen molar-refractivity contribution in [1.82, 2.24) is 0 Å². The molecule has 0 heterocycles. The Bertz CT molecular complexity index is 1580. The van der Waals surface area contributed by atoms with E-state index in [0.29, 0.717) is 41.3 Å². The topological polar surface area (TPSA) is 81.5 Å². The van der Waals surface area contributed by atoms with E-state index in [2.05, 4.69) is 5.32 Å². The number of nitrogens with one attached hydrogen (secondary N) is 1. The van der Waals surface area contributed by atoms with Crippen LogP contribution in [0.15, 0.2) is 95.9 Å². The first kappa shape index (κ1) is 29.5. The summed E-state index contributed by atoms with van der Waals surface area (Å²) in [7, 11) is 0. The number of carbonyl (C=O) groups is 1. The Morgan fingerprint density at radius 3 is 2.07 bits per heavy atom. The number of hydrogen-bond donors (Lipinski definition) is 1. The van der Waals surface area contributed by atoms with E-state index >= 15 is 0 Å². The maximum atomic E-state index is 13.5. The quantitative estimate of drug-likeness (QED) is 0.0957. The maximum absolute atomic E-state index is 13.5. The second-order valence-electron chi connectivity index (χ2n) is 8.45. The summed E-state index contributed by atoms with van der Waals surface area (Å²) >= 11 is 0.557. The third-order valence-corrected chi connectivity index (χ3v) is 6.68. The average Bonchev–Trinajstić information content (AvgIpc) is 2.92. The summed E-state index contributed by atoms with van der Waals surface area (Å²) in [5.41, 5.74) is -2.08. The molecule has 0 aliphatic rings. The van der Waals surface area contributed by atoms with Crippen LogP contribution in [-0.2, 0) is 17.1 Å². The molecule has 0 saturated heterocycles. The van der Waals surface area contributed by atoms with Gasteiger partial charge in [-0.3, -0.25) is 14.9 Å². The van der Waals surface area contributed by atoms with Crippen LogP contribution in [-0.4, -0.2) is 16.6 Å². The van der Waals surface area contributed by atoms with Gasteiger partial charge in [-0.05, 0) is 42.0 Å². The van der Waals surface area contributed by atoms with Crippen LogP contribution in [0.5, 0.6) is 11.5 Å². The molecule has 0 unspecified atom stereocenters. The highest BCUT2D eigenvalue weighted by Crippen LogP contribution is 2.40. The number of ether oxygens (including phenoxy) is 1. The van der Waals surface area contributed by atoms with Crippen LogP contribution in [0.2, 0.25) is 0 Å². The highest BCUT2D eigenvalue weighted by molar-refractivity contribution is 8.00. The van der Waals surface area contributed by atoms with Crippen molar-refractivity contribution in [3.8, 4) is 22.6 Å². The minimum Gasteiger partial charge on any atom is -0.455 e. The van der Waals surface area contributed by atoms with Crippen LogP contribution in [0.1, 0.15) is 11.1 Å². The molecule has 0 radical (unpaired) electrons. The number of nitro benzene ring substituents is 1. The molecule has 0 atom stereocenters. The zero-order chi connectivity index (χ0) is 29.8. The summed E-state index contributed by atoms with van der Waals surface area (Å²) in [5.74, 6) is -1.24. The molecule has 0 aliphatic heterocycles. The van der Waals surface area contributed by atoms with Crippen LogP contribution in [0, 0.1) is 10.1 Å². The summed E-state index contributed by atoms with van der Waals surface area (Å²) in [4.78, 5) is 22.8. The van der Waals surface area contributed by atoms with Crippen molar-refractivity contribution >= 4 is 29.0 Å². The van der Waals surface area contributed by atoms with Gasteiger partial charge in [0.05, 0.1) is 32.4 Å². The van der Waals surface area contributed by atoms with Crippen molar-refractivity contribution in [1.29, 1.82) is 0 Å². The summed E-state index contributed by atoms with van der Waals surface area (Å²) in [6.07, 6.45) is -9.56. The fourth-order valence-corrected chi connectivity index (χ4v) is 4.52. The first-order chi connectivity index (χ1) is 19.3. The highest BCUT2D eigenvalue weighted by atomic mass is 32.2. The minimum atomic E-state index is -4.82. The van der Waals surface area contributed by atoms with Gasteiger partial charge >= 0.3 is 12.4 Å². The lowest BCUT2D eigenvalue weighted by Crippen LogP contribution is -2.16. The molecule has 0 aromatic heterocycles. The summed E-state index contributed by atoms with van der Waals surface area (Å²) in [6.45, 7) is 0. The minimum absolute atomic E-state index is 0.111. The summed E-state index contributed by atoms with van der Waals surface area (Å²) in [5, 5.41) is 13.6. The molecule has 0 saturated carbocycles. The molecule has 212 valence electrons. The van der Waals surface area contributed by atoms with E-state index in [9.17, 15) is 41.3 Å². The molecule has 0 spiro atoms. The van der Waals surface area contributed by atoms with E-state index in [4.69, 9.17) is 4.74 Å². The van der Waals surface area contributed by atoms with Gasteiger partial charge in [0, 0.05) is 11.6 Å². The second-order valence-corrected chi connectivity index (χ2v) is 9.46. The van der Waals surface area contributed by atoms with Gasteiger partial charge in [-0.25, -0.2) is 0 Å². The highest BCUT2D eigenvalue weighted by Gasteiger charge is 2.34. The van der Waals surface area contributed by atoms with Gasteiger partial charge in [-0.15, -0.1) is 11.8 Å². The zero-order valence-electron chi connectivity index (χ0n) is 20.6. The smallest absolute Gasteiger partial charge is 0.416 e. The number of nitro groups is 1. The molecule has 4 aromatic rings. The maximum Gasteiger partial charge on any atom is 0.416 e. The lowest BCUT2D eigenvalue weighted by Gasteiger charge is -2.17. The molecule has 0 bridgehead atoms. The number of alkyl halides is 6. The number of rotatable bonds is 8. The van der Waals surface area contributed by atoms with Gasteiger partial charge in [0.2, 0.25) is 5.91 Å². The molecule has 1 N–H and O–H groups in total. The lowest BCUT2D eigenvalue weighted by molar-refractivity contribution is -0.388. The largest absolute Gasteiger partial charge is 0.455 e. The Morgan fingerprint density at radius 1 is 0.805 bits per heavy atom. The van der Waals surface area contributed by atoms with Crippen LogP contribution < -0.4 is 10.1 Å². The second kappa shape index (κ2) is 11.9. The van der Waals surface area contributed by atoms with E-state index in [0.717, 1.165) is 23.8 Å². The first-order valence-electron chi connectivity index (χ1n) is 11.6. The number of thioether (sulfide) groups is 1. The van der Waals surface area contributed by atoms with E-state index < -0.39 is 45.8 Å². The summed E-state index contributed by atoms with van der Waals surface area (Å²) in [6, 6.07) is 20.2. The fraction of sp³-hybridized carbons (Fsp3) is 0.107. The number of anilines is 1. The van der Waals surface area contributed by atoms with Crippen LogP contribution in [0.25, 0.3) is 11.1 Å². The molecular formula is C28H18F6N2O4S. The Hall–Kier alpha value is -4.52. The fourth-order valence-electron chi connectivity index (χ4n) is 3.71. The van der Waals surface area contributed by atoms with Crippen molar-refractivity contribution < 1.29 is 40.8 Å². The molecule has 13 heteroatoms. The van der Waals surface area contributed by atoms with Crippen LogP contribution in [0.4, 0.5) is 37.7 Å². The van der Waals surface area contributed by atoms with Crippen molar-refractivity contribution in [2.75, 3.05) is 11.1 Å². The number of para-hydroxylation sites is 1. The number of amides is 1. The number of carbonyl (C=O) groups excluding carboxylic acids is 1. The van der Waals surface area contributed by atoms with Gasteiger partial charge in [0.1, 0.15) is 5.75 Å². The normalized spacial score (nSPS) is 11.7. The van der Waals surface area contributed by atoms with Gasteiger partial charge in [0.25, 0.3) is 5.69 Å². The third-order valence-electron chi connectivity index (χ3n) is 5.61. The number of halogens is 6.